The Morgan fingerprint density at radius 3 is 3.06 bits per heavy atom. The third-order valence-corrected chi connectivity index (χ3v) is 3.34. The summed E-state index contributed by atoms with van der Waals surface area (Å²) in [4.78, 5) is 18.6. The first-order valence-corrected chi connectivity index (χ1v) is 6.34. The van der Waals surface area contributed by atoms with Crippen molar-refractivity contribution in [2.45, 2.75) is 32.6 Å². The van der Waals surface area contributed by atoms with Crippen molar-refractivity contribution in [3.05, 3.63) is 26.2 Å². The molecule has 0 aromatic carbocycles. The van der Waals surface area contributed by atoms with E-state index in [1.54, 1.807) is 4.52 Å². The van der Waals surface area contributed by atoms with E-state index < -0.39 is 0 Å². The monoisotopic (exact) mass is 332 g/mol. The van der Waals surface area contributed by atoms with E-state index in [9.17, 15) is 4.79 Å². The maximum absolute atomic E-state index is 11.6. The first-order valence-electron chi connectivity index (χ1n) is 5.27. The summed E-state index contributed by atoms with van der Waals surface area (Å²) in [5.74, 6) is 1.18. The molecule has 1 unspecified atom stereocenters. The summed E-state index contributed by atoms with van der Waals surface area (Å²) < 4.78 is 2.37. The Hall–Kier alpha value is -0.920. The van der Waals surface area contributed by atoms with Crippen LogP contribution in [0, 0.1) is 3.70 Å². The van der Waals surface area contributed by atoms with Gasteiger partial charge in [-0.25, -0.2) is 9.50 Å². The minimum Gasteiger partial charge on any atom is -0.310 e. The van der Waals surface area contributed by atoms with Crippen LogP contribution >= 0.6 is 22.6 Å². The maximum atomic E-state index is 11.6. The molecule has 5 nitrogen and oxygen atoms in total. The molecule has 2 aromatic rings. The molecule has 0 aliphatic heterocycles. The number of fused-ring (bicyclic) bond motifs is 1. The number of imidazole rings is 1. The van der Waals surface area contributed by atoms with Crippen LogP contribution in [0.3, 0.4) is 0 Å². The summed E-state index contributed by atoms with van der Waals surface area (Å²) in [6.45, 7) is 4.24. The fourth-order valence-electron chi connectivity index (χ4n) is 1.80. The van der Waals surface area contributed by atoms with Crippen molar-refractivity contribution in [3.63, 3.8) is 0 Å². The van der Waals surface area contributed by atoms with Crippen LogP contribution in [-0.2, 0) is 0 Å². The van der Waals surface area contributed by atoms with Gasteiger partial charge in [-0.05, 0) is 29.0 Å². The van der Waals surface area contributed by atoms with Crippen LogP contribution in [0.25, 0.3) is 5.52 Å². The van der Waals surface area contributed by atoms with Gasteiger partial charge in [0.2, 0.25) is 0 Å². The molecule has 16 heavy (non-hydrogen) atoms. The maximum Gasteiger partial charge on any atom is 0.277 e. The fraction of sp³-hybridized carbons (Fsp3) is 0.500. The number of aromatic nitrogens is 4. The standard InChI is InChI=1S/C10H13IN4O/c1-3-4-6(2)9-14-8(11)7-10(16)12-5-13-15(7)9/h5-6H,3-4H2,1-2H3,(H,12,13,16). The number of hydrogen-bond acceptors (Lipinski definition) is 3. The topological polar surface area (TPSA) is 63.0 Å². The third-order valence-electron chi connectivity index (χ3n) is 2.58. The van der Waals surface area contributed by atoms with Gasteiger partial charge in [-0.1, -0.05) is 20.3 Å². The molecule has 1 N–H and O–H groups in total. The number of H-pyrrole nitrogens is 1. The second kappa shape index (κ2) is 4.52. The van der Waals surface area contributed by atoms with Crippen molar-refractivity contribution in [1.29, 1.82) is 0 Å². The van der Waals surface area contributed by atoms with Gasteiger partial charge in [-0.15, -0.1) is 0 Å². The number of aromatic amines is 1. The van der Waals surface area contributed by atoms with Crippen molar-refractivity contribution in [2.24, 2.45) is 0 Å². The van der Waals surface area contributed by atoms with E-state index in [4.69, 9.17) is 0 Å². The summed E-state index contributed by atoms with van der Waals surface area (Å²) >= 11 is 2.07. The average molecular weight is 332 g/mol. The molecule has 6 heteroatoms. The summed E-state index contributed by atoms with van der Waals surface area (Å²) in [6, 6.07) is 0. The number of halogens is 1. The molecule has 86 valence electrons. The molecule has 2 heterocycles. The van der Waals surface area contributed by atoms with Crippen molar-refractivity contribution >= 4 is 28.1 Å². The molecule has 0 aliphatic rings. The highest BCUT2D eigenvalue weighted by Crippen LogP contribution is 2.21. The number of hydrogen-bond donors (Lipinski definition) is 1. The molecule has 2 rings (SSSR count). The smallest absolute Gasteiger partial charge is 0.277 e. The van der Waals surface area contributed by atoms with Crippen LogP contribution in [-0.4, -0.2) is 19.6 Å². The predicted octanol–water partition coefficient (Wildman–Crippen LogP) is 1.93. The fourth-order valence-corrected chi connectivity index (χ4v) is 2.52. The molecule has 1 atom stereocenters. The van der Waals surface area contributed by atoms with Crippen molar-refractivity contribution in [3.8, 4) is 0 Å². The lowest BCUT2D eigenvalue weighted by atomic mass is 10.1. The highest BCUT2D eigenvalue weighted by atomic mass is 127. The normalized spacial score (nSPS) is 13.2. The summed E-state index contributed by atoms with van der Waals surface area (Å²) in [6.07, 6.45) is 3.55. The molecule has 0 radical (unpaired) electrons. The van der Waals surface area contributed by atoms with Gasteiger partial charge >= 0.3 is 0 Å². The summed E-state index contributed by atoms with van der Waals surface area (Å²) in [5, 5.41) is 4.16. The number of nitrogens with one attached hydrogen (secondary N) is 1. The van der Waals surface area contributed by atoms with Gasteiger partial charge < -0.3 is 4.98 Å². The van der Waals surface area contributed by atoms with Gasteiger partial charge in [0, 0.05) is 5.92 Å². The Kier molecular flexibility index (Phi) is 3.27. The van der Waals surface area contributed by atoms with E-state index >= 15 is 0 Å². The SMILES string of the molecule is CCCC(C)c1nc(I)c2c(=O)[nH]cnn12. The highest BCUT2D eigenvalue weighted by molar-refractivity contribution is 14.1. The lowest BCUT2D eigenvalue weighted by Crippen LogP contribution is -2.13. The second-order valence-corrected chi connectivity index (χ2v) is 4.85. The van der Waals surface area contributed by atoms with Crippen LogP contribution in [0.15, 0.2) is 11.1 Å². The van der Waals surface area contributed by atoms with Gasteiger partial charge in [0.1, 0.15) is 15.9 Å². The first-order chi connectivity index (χ1) is 7.65. The van der Waals surface area contributed by atoms with Crippen molar-refractivity contribution in [2.75, 3.05) is 0 Å². The lowest BCUT2D eigenvalue weighted by Gasteiger charge is -2.07. The lowest BCUT2D eigenvalue weighted by molar-refractivity contribution is 0.607. The third kappa shape index (κ3) is 1.85. The molecule has 0 aliphatic carbocycles. The van der Waals surface area contributed by atoms with E-state index in [1.165, 1.54) is 6.33 Å². The zero-order chi connectivity index (χ0) is 11.7. The molecular formula is C10H13IN4O. The molecule has 0 bridgehead atoms. The van der Waals surface area contributed by atoms with Crippen LogP contribution in [0.1, 0.15) is 38.4 Å². The number of rotatable bonds is 3. The van der Waals surface area contributed by atoms with Gasteiger partial charge in [0.05, 0.1) is 0 Å². The molecule has 0 saturated carbocycles. The van der Waals surface area contributed by atoms with Crippen LogP contribution in [0.2, 0.25) is 0 Å². The van der Waals surface area contributed by atoms with E-state index in [2.05, 4.69) is 51.5 Å². The molecule has 0 spiro atoms. The van der Waals surface area contributed by atoms with E-state index in [-0.39, 0.29) is 5.56 Å². The Labute approximate surface area is 106 Å². The summed E-state index contributed by atoms with van der Waals surface area (Å²) in [5.41, 5.74) is 0.405. The van der Waals surface area contributed by atoms with Gasteiger partial charge in [-0.3, -0.25) is 4.79 Å². The van der Waals surface area contributed by atoms with Crippen LogP contribution in [0.4, 0.5) is 0 Å². The molecule has 0 amide bonds. The minimum atomic E-state index is -0.137. The zero-order valence-electron chi connectivity index (χ0n) is 9.20. The number of nitrogens with zero attached hydrogens (tertiary/aromatic N) is 3. The molecule has 0 saturated heterocycles. The summed E-state index contributed by atoms with van der Waals surface area (Å²) in [7, 11) is 0. The average Bonchev–Trinajstić information content (AvgIpc) is 2.58. The van der Waals surface area contributed by atoms with E-state index in [0.29, 0.717) is 15.1 Å². The Morgan fingerprint density at radius 1 is 1.62 bits per heavy atom. The highest BCUT2D eigenvalue weighted by Gasteiger charge is 2.17. The van der Waals surface area contributed by atoms with Crippen molar-refractivity contribution < 1.29 is 0 Å². The van der Waals surface area contributed by atoms with E-state index in [0.717, 1.165) is 18.7 Å². The van der Waals surface area contributed by atoms with Gasteiger partial charge in [0.15, 0.2) is 5.52 Å². The largest absolute Gasteiger partial charge is 0.310 e. The molecular weight excluding hydrogens is 319 g/mol. The van der Waals surface area contributed by atoms with Gasteiger partial charge in [0.25, 0.3) is 5.56 Å². The zero-order valence-corrected chi connectivity index (χ0v) is 11.4. The minimum absolute atomic E-state index is 0.137. The van der Waals surface area contributed by atoms with E-state index in [1.807, 2.05) is 0 Å². The first kappa shape index (κ1) is 11.6. The predicted molar refractivity (Wildman–Crippen MR) is 69.6 cm³/mol. The second-order valence-electron chi connectivity index (χ2n) is 3.83. The quantitative estimate of drug-likeness (QED) is 0.874. The Morgan fingerprint density at radius 2 is 2.38 bits per heavy atom. The molecule has 0 fully saturated rings. The Balaban J connectivity index is 2.64. The van der Waals surface area contributed by atoms with Crippen LogP contribution in [0.5, 0.6) is 0 Å². The molecule has 2 aromatic heterocycles. The van der Waals surface area contributed by atoms with Crippen LogP contribution < -0.4 is 5.56 Å². The van der Waals surface area contributed by atoms with Gasteiger partial charge in [-0.2, -0.15) is 5.10 Å². The van der Waals surface area contributed by atoms with Crippen molar-refractivity contribution in [1.82, 2.24) is 19.6 Å². The Bertz CT molecular complexity index is 559.